The standard InChI is InChI=1S/C29H29F6N3OS/c1-27(2,3)24(25(39)38(4)23(18-11-7-5-8-12-18)19-13-9-6-10-14-19)37-26(40)36-22-16-20(28(30,31)32)15-21(17-22)29(33,34)35/h5-17,23-24H,1-4H3,(H2,36,37,40). The molecule has 0 saturated carbocycles. The molecular formula is C29H29F6N3OS. The first kappa shape index (κ1) is 30.9. The molecule has 3 aromatic carbocycles. The van der Waals surface area contributed by atoms with Gasteiger partial charge in [-0.05, 0) is 47.0 Å². The van der Waals surface area contributed by atoms with E-state index in [0.29, 0.717) is 12.1 Å². The maximum atomic E-state index is 13.9. The summed E-state index contributed by atoms with van der Waals surface area (Å²) in [6.45, 7) is 5.31. The van der Waals surface area contributed by atoms with Crippen LogP contribution in [0.3, 0.4) is 0 Å². The molecule has 214 valence electrons. The number of rotatable bonds is 6. The largest absolute Gasteiger partial charge is 0.416 e. The van der Waals surface area contributed by atoms with Crippen molar-refractivity contribution >= 4 is 28.9 Å². The van der Waals surface area contributed by atoms with E-state index in [4.69, 9.17) is 12.2 Å². The van der Waals surface area contributed by atoms with Crippen LogP contribution in [0.4, 0.5) is 32.0 Å². The summed E-state index contributed by atoms with van der Waals surface area (Å²) in [5.74, 6) is -0.380. The summed E-state index contributed by atoms with van der Waals surface area (Å²) < 4.78 is 79.8. The van der Waals surface area contributed by atoms with Gasteiger partial charge in [0.25, 0.3) is 0 Å². The van der Waals surface area contributed by atoms with Crippen molar-refractivity contribution in [2.45, 2.75) is 45.2 Å². The zero-order chi connectivity index (χ0) is 29.9. The zero-order valence-electron chi connectivity index (χ0n) is 22.2. The summed E-state index contributed by atoms with van der Waals surface area (Å²) in [6.07, 6.45) is -10.0. The van der Waals surface area contributed by atoms with Crippen LogP contribution in [0.2, 0.25) is 0 Å². The van der Waals surface area contributed by atoms with Crippen LogP contribution in [0.25, 0.3) is 0 Å². The minimum atomic E-state index is -5.01. The van der Waals surface area contributed by atoms with Crippen molar-refractivity contribution in [1.82, 2.24) is 10.2 Å². The van der Waals surface area contributed by atoms with Gasteiger partial charge in [-0.2, -0.15) is 26.3 Å². The number of anilines is 1. The fourth-order valence-corrected chi connectivity index (χ4v) is 4.45. The monoisotopic (exact) mass is 581 g/mol. The molecule has 0 bridgehead atoms. The highest BCUT2D eigenvalue weighted by molar-refractivity contribution is 7.80. The highest BCUT2D eigenvalue weighted by Gasteiger charge is 2.38. The van der Waals surface area contributed by atoms with E-state index in [-0.39, 0.29) is 17.1 Å². The number of amides is 1. The van der Waals surface area contributed by atoms with Crippen molar-refractivity contribution in [1.29, 1.82) is 0 Å². The van der Waals surface area contributed by atoms with Gasteiger partial charge in [-0.3, -0.25) is 4.79 Å². The third kappa shape index (κ3) is 7.74. The highest BCUT2D eigenvalue weighted by atomic mass is 32.1. The van der Waals surface area contributed by atoms with Gasteiger partial charge in [0.1, 0.15) is 6.04 Å². The maximum absolute atomic E-state index is 13.9. The van der Waals surface area contributed by atoms with Gasteiger partial charge in [0.2, 0.25) is 5.91 Å². The molecule has 1 amide bonds. The molecule has 0 aliphatic carbocycles. The molecule has 3 aromatic rings. The van der Waals surface area contributed by atoms with Crippen molar-refractivity contribution in [2.24, 2.45) is 5.41 Å². The van der Waals surface area contributed by atoms with Crippen molar-refractivity contribution in [3.05, 3.63) is 101 Å². The number of carbonyl (C=O) groups excluding carboxylic acids is 1. The van der Waals surface area contributed by atoms with E-state index in [1.165, 1.54) is 0 Å². The number of carbonyl (C=O) groups is 1. The molecule has 3 rings (SSSR count). The van der Waals surface area contributed by atoms with E-state index in [9.17, 15) is 31.1 Å². The van der Waals surface area contributed by atoms with Gasteiger partial charge < -0.3 is 15.5 Å². The van der Waals surface area contributed by atoms with Crippen molar-refractivity contribution in [3.63, 3.8) is 0 Å². The predicted molar refractivity (Wildman–Crippen MR) is 147 cm³/mol. The Morgan fingerprint density at radius 2 is 1.20 bits per heavy atom. The number of benzene rings is 3. The molecule has 0 aromatic heterocycles. The number of thiocarbonyl (C=S) groups is 1. The SMILES string of the molecule is CN(C(=O)C(NC(=S)Nc1cc(C(F)(F)F)cc(C(F)(F)F)c1)C(C)(C)C)C(c1ccccc1)c1ccccc1. The predicted octanol–water partition coefficient (Wildman–Crippen LogP) is 7.67. The Hall–Kier alpha value is -3.60. The average molecular weight is 582 g/mol. The number of nitrogens with one attached hydrogen (secondary N) is 2. The fraction of sp³-hybridized carbons (Fsp3) is 0.310. The lowest BCUT2D eigenvalue weighted by atomic mass is 9.85. The first-order valence-electron chi connectivity index (χ1n) is 12.2. The number of nitrogens with zero attached hydrogens (tertiary/aromatic N) is 1. The Bertz CT molecular complexity index is 1250. The lowest BCUT2D eigenvalue weighted by Crippen LogP contribution is -2.55. The second-order valence-corrected chi connectivity index (χ2v) is 10.8. The van der Waals surface area contributed by atoms with E-state index < -0.39 is 46.7 Å². The van der Waals surface area contributed by atoms with Crippen LogP contribution in [-0.4, -0.2) is 29.0 Å². The topological polar surface area (TPSA) is 44.4 Å². The first-order chi connectivity index (χ1) is 18.5. The summed E-state index contributed by atoms with van der Waals surface area (Å²) in [4.78, 5) is 15.5. The van der Waals surface area contributed by atoms with Crippen LogP contribution < -0.4 is 10.6 Å². The lowest BCUT2D eigenvalue weighted by molar-refractivity contribution is -0.143. The number of hydrogen-bond donors (Lipinski definition) is 2. The molecular weight excluding hydrogens is 552 g/mol. The van der Waals surface area contributed by atoms with Gasteiger partial charge in [0.15, 0.2) is 5.11 Å². The minimum absolute atomic E-state index is 0.0331. The quantitative estimate of drug-likeness (QED) is 0.232. The van der Waals surface area contributed by atoms with Crippen LogP contribution in [-0.2, 0) is 17.1 Å². The summed E-state index contributed by atoms with van der Waals surface area (Å²) >= 11 is 5.26. The molecule has 1 atom stereocenters. The lowest BCUT2D eigenvalue weighted by Gasteiger charge is -2.37. The molecule has 4 nitrogen and oxygen atoms in total. The number of hydrogen-bond acceptors (Lipinski definition) is 2. The van der Waals surface area contributed by atoms with Crippen LogP contribution in [0.1, 0.15) is 49.1 Å². The third-order valence-electron chi connectivity index (χ3n) is 6.20. The molecule has 0 heterocycles. The molecule has 1 unspecified atom stereocenters. The molecule has 0 aliphatic heterocycles. The highest BCUT2D eigenvalue weighted by Crippen LogP contribution is 2.38. The van der Waals surface area contributed by atoms with Gasteiger partial charge in [-0.1, -0.05) is 81.4 Å². The Morgan fingerprint density at radius 1 is 0.775 bits per heavy atom. The van der Waals surface area contributed by atoms with Crippen molar-refractivity contribution in [3.8, 4) is 0 Å². The van der Waals surface area contributed by atoms with E-state index >= 15 is 0 Å². The fourth-order valence-electron chi connectivity index (χ4n) is 4.22. The smallest absolute Gasteiger partial charge is 0.350 e. The van der Waals surface area contributed by atoms with Gasteiger partial charge >= 0.3 is 12.4 Å². The maximum Gasteiger partial charge on any atom is 0.416 e. The van der Waals surface area contributed by atoms with E-state index in [1.807, 2.05) is 60.7 Å². The normalized spacial score (nSPS) is 13.1. The molecule has 0 fully saturated rings. The zero-order valence-corrected chi connectivity index (χ0v) is 23.0. The molecule has 0 radical (unpaired) electrons. The number of likely N-dealkylation sites (N-methyl/N-ethyl adjacent to an activating group) is 1. The van der Waals surface area contributed by atoms with Gasteiger partial charge in [-0.25, -0.2) is 0 Å². The van der Waals surface area contributed by atoms with E-state index in [1.54, 1.807) is 32.7 Å². The first-order valence-corrected chi connectivity index (χ1v) is 12.6. The van der Waals surface area contributed by atoms with Crippen LogP contribution >= 0.6 is 12.2 Å². The second kappa shape index (κ2) is 11.9. The Labute approximate surface area is 234 Å². The minimum Gasteiger partial charge on any atom is -0.350 e. The molecule has 0 aliphatic rings. The van der Waals surface area contributed by atoms with Gasteiger partial charge in [-0.15, -0.1) is 0 Å². The van der Waals surface area contributed by atoms with E-state index in [0.717, 1.165) is 11.1 Å². The molecule has 11 heteroatoms. The summed E-state index contributed by atoms with van der Waals surface area (Å²) in [7, 11) is 1.63. The summed E-state index contributed by atoms with van der Waals surface area (Å²) in [6, 6.07) is 18.3. The van der Waals surface area contributed by atoms with Crippen molar-refractivity contribution in [2.75, 3.05) is 12.4 Å². The van der Waals surface area contributed by atoms with Gasteiger partial charge in [0.05, 0.1) is 17.2 Å². The summed E-state index contributed by atoms with van der Waals surface area (Å²) in [5, 5.41) is 4.93. The molecule has 0 spiro atoms. The van der Waals surface area contributed by atoms with Crippen LogP contribution in [0, 0.1) is 5.41 Å². The number of halogens is 6. The van der Waals surface area contributed by atoms with Crippen LogP contribution in [0.5, 0.6) is 0 Å². The van der Waals surface area contributed by atoms with Gasteiger partial charge in [0, 0.05) is 12.7 Å². The number of alkyl halides is 6. The van der Waals surface area contributed by atoms with E-state index in [2.05, 4.69) is 10.6 Å². The summed E-state index contributed by atoms with van der Waals surface area (Å²) in [5.41, 5.74) is -2.53. The third-order valence-corrected chi connectivity index (χ3v) is 6.42. The van der Waals surface area contributed by atoms with Crippen LogP contribution in [0.15, 0.2) is 78.9 Å². The Kier molecular flexibility index (Phi) is 9.18. The van der Waals surface area contributed by atoms with Crippen molar-refractivity contribution < 1.29 is 31.1 Å². The molecule has 0 saturated heterocycles. The molecule has 2 N–H and O–H groups in total. The average Bonchev–Trinajstić information content (AvgIpc) is 2.86. The Morgan fingerprint density at radius 3 is 1.57 bits per heavy atom. The Balaban J connectivity index is 1.92. The molecule has 40 heavy (non-hydrogen) atoms. The second-order valence-electron chi connectivity index (χ2n) is 10.4.